The molecule has 1 fully saturated rings. The van der Waals surface area contributed by atoms with Gasteiger partial charge in [-0.2, -0.15) is 0 Å². The number of rotatable bonds is 3. The first-order valence-corrected chi connectivity index (χ1v) is 6.52. The average molecular weight is 284 g/mol. The van der Waals surface area contributed by atoms with Gasteiger partial charge in [0, 0.05) is 17.2 Å². The van der Waals surface area contributed by atoms with Crippen LogP contribution >= 0.6 is 0 Å². The summed E-state index contributed by atoms with van der Waals surface area (Å²) in [6, 6.07) is 6.77. The second-order valence-corrected chi connectivity index (χ2v) is 4.65. The van der Waals surface area contributed by atoms with Crippen molar-refractivity contribution in [1.29, 1.82) is 0 Å². The van der Waals surface area contributed by atoms with Crippen molar-refractivity contribution in [2.45, 2.75) is 6.29 Å². The Morgan fingerprint density at radius 1 is 1.05 bits per heavy atom. The minimum atomic E-state index is -0.615. The van der Waals surface area contributed by atoms with Crippen molar-refractivity contribution in [1.82, 2.24) is 0 Å². The average Bonchev–Trinajstić information content (AvgIpc) is 3.03. The molecule has 0 amide bonds. The largest absolute Gasteiger partial charge is 0.346 e. The molecule has 1 heterocycles. The van der Waals surface area contributed by atoms with Gasteiger partial charge in [0.25, 0.3) is 0 Å². The lowest BCUT2D eigenvalue weighted by molar-refractivity contribution is -0.114. The number of hydrogen-bond acceptors (Lipinski definition) is 5. The second-order valence-electron chi connectivity index (χ2n) is 4.65. The normalized spacial score (nSPS) is 19.0. The molecule has 0 bridgehead atoms. The molecule has 0 unspecified atom stereocenters. The summed E-state index contributed by atoms with van der Waals surface area (Å²) in [5, 5.41) is 0. The van der Waals surface area contributed by atoms with Crippen molar-refractivity contribution in [3.8, 4) is 0 Å². The van der Waals surface area contributed by atoms with E-state index in [1.54, 1.807) is 24.3 Å². The summed E-state index contributed by atoms with van der Waals surface area (Å²) in [7, 11) is 0. The monoisotopic (exact) mass is 284 g/mol. The van der Waals surface area contributed by atoms with Gasteiger partial charge in [0.15, 0.2) is 23.6 Å². The fourth-order valence-electron chi connectivity index (χ4n) is 2.28. The molecule has 1 saturated heterocycles. The number of ketones is 3. The van der Waals surface area contributed by atoms with Crippen LogP contribution in [-0.2, 0) is 19.1 Å². The van der Waals surface area contributed by atoms with E-state index in [1.165, 1.54) is 0 Å². The molecule has 1 aromatic rings. The SMILES string of the molecule is O=C1C=CC(=O)C(C(=O)c2ccccc2C2OCCO2)=C1. The van der Waals surface area contributed by atoms with E-state index in [2.05, 4.69) is 0 Å². The molecular formula is C16H12O5. The molecule has 1 aliphatic carbocycles. The summed E-state index contributed by atoms with van der Waals surface area (Å²) in [5.74, 6) is -1.33. The molecule has 0 saturated carbocycles. The molecule has 1 aromatic carbocycles. The zero-order valence-corrected chi connectivity index (χ0v) is 11.1. The van der Waals surface area contributed by atoms with E-state index < -0.39 is 17.9 Å². The number of Topliss-reactive ketones (excluding diaryl/α,β-unsaturated/α-hetero) is 1. The molecule has 21 heavy (non-hydrogen) atoms. The highest BCUT2D eigenvalue weighted by Gasteiger charge is 2.28. The van der Waals surface area contributed by atoms with Gasteiger partial charge < -0.3 is 9.47 Å². The van der Waals surface area contributed by atoms with Gasteiger partial charge in [0.1, 0.15) is 0 Å². The maximum absolute atomic E-state index is 12.5. The Bertz CT molecular complexity index is 678. The summed E-state index contributed by atoms with van der Waals surface area (Å²) in [6.07, 6.45) is 2.71. The first-order valence-electron chi connectivity index (χ1n) is 6.52. The van der Waals surface area contributed by atoms with Crippen LogP contribution in [0.2, 0.25) is 0 Å². The first-order chi connectivity index (χ1) is 10.2. The van der Waals surface area contributed by atoms with Gasteiger partial charge in [0.05, 0.1) is 18.8 Å². The second kappa shape index (κ2) is 5.55. The minimum absolute atomic E-state index is 0.132. The van der Waals surface area contributed by atoms with Gasteiger partial charge in [-0.3, -0.25) is 14.4 Å². The van der Waals surface area contributed by atoms with Crippen LogP contribution in [0.4, 0.5) is 0 Å². The van der Waals surface area contributed by atoms with Crippen molar-refractivity contribution in [2.24, 2.45) is 0 Å². The highest BCUT2D eigenvalue weighted by molar-refractivity contribution is 6.34. The van der Waals surface area contributed by atoms with Gasteiger partial charge in [-0.1, -0.05) is 24.3 Å². The third-order valence-corrected chi connectivity index (χ3v) is 3.28. The summed E-state index contributed by atoms with van der Waals surface area (Å²) < 4.78 is 10.8. The highest BCUT2D eigenvalue weighted by Crippen LogP contribution is 2.28. The zero-order valence-electron chi connectivity index (χ0n) is 11.1. The predicted molar refractivity (Wildman–Crippen MR) is 72.7 cm³/mol. The van der Waals surface area contributed by atoms with Crippen molar-refractivity contribution < 1.29 is 23.9 Å². The van der Waals surface area contributed by atoms with E-state index in [1.807, 2.05) is 0 Å². The number of hydrogen-bond donors (Lipinski definition) is 0. The molecule has 5 nitrogen and oxygen atoms in total. The predicted octanol–water partition coefficient (Wildman–Crippen LogP) is 1.55. The molecular weight excluding hydrogens is 272 g/mol. The molecule has 2 aliphatic rings. The van der Waals surface area contributed by atoms with Crippen LogP contribution in [0, 0.1) is 0 Å². The van der Waals surface area contributed by atoms with Crippen molar-refractivity contribution in [3.05, 3.63) is 59.2 Å². The quantitative estimate of drug-likeness (QED) is 0.478. The molecule has 0 radical (unpaired) electrons. The maximum Gasteiger partial charge on any atom is 0.197 e. The Hall–Kier alpha value is -2.37. The Labute approximate surface area is 120 Å². The Morgan fingerprint density at radius 2 is 1.76 bits per heavy atom. The molecule has 5 heteroatoms. The molecule has 0 atom stereocenters. The van der Waals surface area contributed by atoms with E-state index >= 15 is 0 Å². The summed E-state index contributed by atoms with van der Waals surface area (Å²) >= 11 is 0. The fraction of sp³-hybridized carbons (Fsp3) is 0.188. The van der Waals surface area contributed by atoms with Crippen LogP contribution in [0.25, 0.3) is 0 Å². The molecule has 0 N–H and O–H groups in total. The fourth-order valence-corrected chi connectivity index (χ4v) is 2.28. The Kier molecular flexibility index (Phi) is 3.60. The molecule has 0 aromatic heterocycles. The lowest BCUT2D eigenvalue weighted by Gasteiger charge is -2.14. The van der Waals surface area contributed by atoms with Crippen LogP contribution in [-0.4, -0.2) is 30.6 Å². The summed E-state index contributed by atoms with van der Waals surface area (Å²) in [4.78, 5) is 35.7. The number of allylic oxidation sites excluding steroid dienone is 4. The van der Waals surface area contributed by atoms with Gasteiger partial charge in [0.2, 0.25) is 0 Å². The number of ether oxygens (including phenoxy) is 2. The smallest absolute Gasteiger partial charge is 0.197 e. The topological polar surface area (TPSA) is 69.7 Å². The van der Waals surface area contributed by atoms with Crippen LogP contribution in [0.15, 0.2) is 48.1 Å². The van der Waals surface area contributed by atoms with E-state index in [9.17, 15) is 14.4 Å². The summed E-state index contributed by atoms with van der Waals surface area (Å²) in [5.41, 5.74) is 0.746. The molecule has 0 spiro atoms. The summed E-state index contributed by atoms with van der Waals surface area (Å²) in [6.45, 7) is 0.909. The molecule has 1 aliphatic heterocycles. The van der Waals surface area contributed by atoms with Crippen LogP contribution in [0.5, 0.6) is 0 Å². The number of carbonyl (C=O) groups excluding carboxylic acids is 3. The highest BCUT2D eigenvalue weighted by atomic mass is 16.7. The maximum atomic E-state index is 12.5. The van der Waals surface area contributed by atoms with Crippen LogP contribution in [0.1, 0.15) is 22.2 Å². The first kappa shape index (κ1) is 13.6. The minimum Gasteiger partial charge on any atom is -0.346 e. The number of benzene rings is 1. The van der Waals surface area contributed by atoms with Crippen molar-refractivity contribution >= 4 is 17.3 Å². The molecule has 106 valence electrons. The van der Waals surface area contributed by atoms with E-state index in [0.717, 1.165) is 18.2 Å². The van der Waals surface area contributed by atoms with Crippen molar-refractivity contribution in [3.63, 3.8) is 0 Å². The van der Waals surface area contributed by atoms with Gasteiger partial charge >= 0.3 is 0 Å². The lowest BCUT2D eigenvalue weighted by atomic mass is 9.92. The van der Waals surface area contributed by atoms with Gasteiger partial charge in [-0.15, -0.1) is 0 Å². The number of carbonyl (C=O) groups is 3. The van der Waals surface area contributed by atoms with E-state index in [-0.39, 0.29) is 11.4 Å². The van der Waals surface area contributed by atoms with Gasteiger partial charge in [-0.05, 0) is 12.2 Å². The standard InChI is InChI=1S/C16H12O5/c17-10-5-6-14(18)13(9-10)15(19)11-3-1-2-4-12(11)16-20-7-8-21-16/h1-6,9,16H,7-8H2. The van der Waals surface area contributed by atoms with E-state index in [0.29, 0.717) is 24.3 Å². The molecule has 3 rings (SSSR count). The van der Waals surface area contributed by atoms with Crippen molar-refractivity contribution in [2.75, 3.05) is 13.2 Å². The Morgan fingerprint density at radius 3 is 2.52 bits per heavy atom. The van der Waals surface area contributed by atoms with E-state index in [4.69, 9.17) is 9.47 Å². The van der Waals surface area contributed by atoms with Gasteiger partial charge in [-0.25, -0.2) is 0 Å². The third-order valence-electron chi connectivity index (χ3n) is 3.28. The third kappa shape index (κ3) is 2.61. The lowest BCUT2D eigenvalue weighted by Crippen LogP contribution is -2.18. The van der Waals surface area contributed by atoms with Crippen LogP contribution < -0.4 is 0 Å². The Balaban J connectivity index is 1.98. The van der Waals surface area contributed by atoms with Crippen LogP contribution in [0.3, 0.4) is 0 Å². The zero-order chi connectivity index (χ0) is 14.8.